The fourth-order valence-electron chi connectivity index (χ4n) is 2.41. The second-order valence-electron chi connectivity index (χ2n) is 5.26. The second kappa shape index (κ2) is 7.59. The summed E-state index contributed by atoms with van der Waals surface area (Å²) in [6.45, 7) is 0.389. The number of benzene rings is 2. The lowest BCUT2D eigenvalue weighted by molar-refractivity contribution is 0.0601. The van der Waals surface area contributed by atoms with Crippen LogP contribution in [0.3, 0.4) is 0 Å². The topological polar surface area (TPSA) is 96.4 Å². The molecule has 0 spiro atoms. The smallest absolute Gasteiger partial charge is 0.337 e. The molecule has 1 aromatic heterocycles. The first-order valence-electron chi connectivity index (χ1n) is 7.78. The molecule has 0 aliphatic carbocycles. The number of carbonyl (C=O) groups excluding carboxylic acids is 1. The van der Waals surface area contributed by atoms with E-state index in [1.807, 2.05) is 30.3 Å². The molecule has 7 nitrogen and oxygen atoms in total. The highest BCUT2D eigenvalue weighted by Gasteiger charge is 2.09. The molecular weight excluding hydrogens is 320 g/mol. The van der Waals surface area contributed by atoms with E-state index in [4.69, 9.17) is 9.84 Å². The lowest BCUT2D eigenvalue weighted by Gasteiger charge is -2.11. The van der Waals surface area contributed by atoms with Crippen molar-refractivity contribution < 1.29 is 14.6 Å². The van der Waals surface area contributed by atoms with Crippen LogP contribution in [-0.2, 0) is 4.74 Å². The van der Waals surface area contributed by atoms with E-state index in [-0.39, 0.29) is 6.61 Å². The van der Waals surface area contributed by atoms with Gasteiger partial charge >= 0.3 is 5.97 Å². The number of hydrogen-bond acceptors (Lipinski definition) is 7. The highest BCUT2D eigenvalue weighted by Crippen LogP contribution is 2.23. The van der Waals surface area contributed by atoms with Crippen molar-refractivity contribution in [3.05, 3.63) is 54.1 Å². The van der Waals surface area contributed by atoms with Crippen molar-refractivity contribution in [1.29, 1.82) is 0 Å². The van der Waals surface area contributed by atoms with E-state index >= 15 is 0 Å². The highest BCUT2D eigenvalue weighted by atomic mass is 16.5. The van der Waals surface area contributed by atoms with Crippen LogP contribution in [-0.4, -0.2) is 41.3 Å². The standard InChI is InChI=1S/C18H18N4O3/c1-25-17(24)12-5-4-6-13(11-12)20-18-21-15-8-3-2-7-14(15)16(22-18)19-9-10-23/h2-8,11,23H,9-10H2,1H3,(H2,19,20,21,22). The van der Waals surface area contributed by atoms with Gasteiger partial charge in [0.1, 0.15) is 5.82 Å². The molecule has 25 heavy (non-hydrogen) atoms. The Labute approximate surface area is 144 Å². The summed E-state index contributed by atoms with van der Waals surface area (Å²) in [5.41, 5.74) is 1.88. The molecule has 0 bridgehead atoms. The second-order valence-corrected chi connectivity index (χ2v) is 5.26. The van der Waals surface area contributed by atoms with Crippen molar-refractivity contribution in [2.24, 2.45) is 0 Å². The zero-order valence-corrected chi connectivity index (χ0v) is 13.7. The molecule has 0 aliphatic heterocycles. The summed E-state index contributed by atoms with van der Waals surface area (Å²) in [6, 6.07) is 14.5. The number of rotatable bonds is 6. The van der Waals surface area contributed by atoms with Gasteiger partial charge in [0.2, 0.25) is 5.95 Å². The lowest BCUT2D eigenvalue weighted by Crippen LogP contribution is -2.09. The minimum Gasteiger partial charge on any atom is -0.465 e. The molecular formula is C18H18N4O3. The maximum atomic E-state index is 11.7. The molecule has 1 heterocycles. The average Bonchev–Trinajstić information content (AvgIpc) is 2.65. The van der Waals surface area contributed by atoms with Crippen LogP contribution in [0, 0.1) is 0 Å². The first-order chi connectivity index (χ1) is 12.2. The van der Waals surface area contributed by atoms with E-state index in [2.05, 4.69) is 20.6 Å². The molecule has 128 valence electrons. The van der Waals surface area contributed by atoms with Gasteiger partial charge in [-0.2, -0.15) is 4.98 Å². The van der Waals surface area contributed by atoms with Gasteiger partial charge in [0.15, 0.2) is 0 Å². The van der Waals surface area contributed by atoms with Crippen LogP contribution in [0.4, 0.5) is 17.5 Å². The van der Waals surface area contributed by atoms with Gasteiger partial charge in [0, 0.05) is 17.6 Å². The molecule has 3 rings (SSSR count). The monoisotopic (exact) mass is 338 g/mol. The summed E-state index contributed by atoms with van der Waals surface area (Å²) < 4.78 is 4.73. The van der Waals surface area contributed by atoms with Crippen LogP contribution in [0.5, 0.6) is 0 Å². The van der Waals surface area contributed by atoms with E-state index < -0.39 is 5.97 Å². The number of para-hydroxylation sites is 1. The van der Waals surface area contributed by atoms with Gasteiger partial charge in [0.25, 0.3) is 0 Å². The molecule has 0 unspecified atom stereocenters. The van der Waals surface area contributed by atoms with Crippen LogP contribution in [0.15, 0.2) is 48.5 Å². The molecule has 0 radical (unpaired) electrons. The van der Waals surface area contributed by atoms with Gasteiger partial charge in [-0.25, -0.2) is 9.78 Å². The van der Waals surface area contributed by atoms with E-state index in [1.165, 1.54) is 7.11 Å². The maximum Gasteiger partial charge on any atom is 0.337 e. The van der Waals surface area contributed by atoms with Crippen LogP contribution >= 0.6 is 0 Å². The molecule has 0 saturated heterocycles. The number of aliphatic hydroxyl groups excluding tert-OH is 1. The summed E-state index contributed by atoms with van der Waals surface area (Å²) in [5, 5.41) is 16.1. The Morgan fingerprint density at radius 3 is 2.80 bits per heavy atom. The summed E-state index contributed by atoms with van der Waals surface area (Å²) >= 11 is 0. The van der Waals surface area contributed by atoms with Crippen LogP contribution in [0.2, 0.25) is 0 Å². The number of ether oxygens (including phenoxy) is 1. The number of aromatic nitrogens is 2. The predicted molar refractivity (Wildman–Crippen MR) is 96.2 cm³/mol. The van der Waals surface area contributed by atoms with E-state index in [0.717, 1.165) is 10.9 Å². The molecule has 0 fully saturated rings. The van der Waals surface area contributed by atoms with Crippen LogP contribution < -0.4 is 10.6 Å². The number of methoxy groups -OCH3 is 1. The van der Waals surface area contributed by atoms with Gasteiger partial charge in [-0.1, -0.05) is 18.2 Å². The summed E-state index contributed by atoms with van der Waals surface area (Å²) in [7, 11) is 1.34. The van der Waals surface area contributed by atoms with Crippen LogP contribution in [0.25, 0.3) is 10.9 Å². The number of fused-ring (bicyclic) bond motifs is 1. The largest absolute Gasteiger partial charge is 0.465 e. The first kappa shape index (κ1) is 16.7. The van der Waals surface area contributed by atoms with E-state index in [9.17, 15) is 4.79 Å². The Morgan fingerprint density at radius 2 is 2.00 bits per heavy atom. The average molecular weight is 338 g/mol. The third-order valence-electron chi connectivity index (χ3n) is 3.55. The normalized spacial score (nSPS) is 10.5. The highest BCUT2D eigenvalue weighted by molar-refractivity contribution is 5.91. The SMILES string of the molecule is COC(=O)c1cccc(Nc2nc(NCCO)c3ccccc3n2)c1. The third kappa shape index (κ3) is 3.84. The molecule has 3 N–H and O–H groups in total. The Bertz CT molecular complexity index is 898. The molecule has 3 aromatic rings. The number of hydrogen-bond donors (Lipinski definition) is 3. The van der Waals surface area contributed by atoms with Crippen LogP contribution in [0.1, 0.15) is 10.4 Å². The fourth-order valence-corrected chi connectivity index (χ4v) is 2.41. The Hall–Kier alpha value is -3.19. The molecule has 0 aliphatic rings. The number of carbonyl (C=O) groups is 1. The lowest BCUT2D eigenvalue weighted by atomic mass is 10.2. The molecule has 0 atom stereocenters. The number of nitrogens with zero attached hydrogens (tertiary/aromatic N) is 2. The van der Waals surface area contributed by atoms with Gasteiger partial charge in [-0.3, -0.25) is 0 Å². The zero-order chi connectivity index (χ0) is 17.6. The minimum absolute atomic E-state index is 0.00225. The maximum absolute atomic E-state index is 11.7. The molecule has 2 aromatic carbocycles. The molecule has 0 amide bonds. The third-order valence-corrected chi connectivity index (χ3v) is 3.55. The van der Waals surface area contributed by atoms with E-state index in [1.54, 1.807) is 18.2 Å². The fraction of sp³-hybridized carbons (Fsp3) is 0.167. The number of aliphatic hydroxyl groups is 1. The number of nitrogens with one attached hydrogen (secondary N) is 2. The van der Waals surface area contributed by atoms with Crippen molar-refractivity contribution in [3.63, 3.8) is 0 Å². The Morgan fingerprint density at radius 1 is 1.16 bits per heavy atom. The predicted octanol–water partition coefficient (Wildman–Crippen LogP) is 2.56. The molecule has 0 saturated carbocycles. The van der Waals surface area contributed by atoms with E-state index in [0.29, 0.717) is 29.6 Å². The van der Waals surface area contributed by atoms with Gasteiger partial charge in [-0.05, 0) is 30.3 Å². The van der Waals surface area contributed by atoms with Crippen molar-refractivity contribution in [2.45, 2.75) is 0 Å². The summed E-state index contributed by atoms with van der Waals surface area (Å²) in [4.78, 5) is 20.6. The number of esters is 1. The van der Waals surface area contributed by atoms with Crippen molar-refractivity contribution in [2.75, 3.05) is 30.9 Å². The minimum atomic E-state index is -0.409. The van der Waals surface area contributed by atoms with Crippen molar-refractivity contribution >= 4 is 34.3 Å². The Balaban J connectivity index is 1.94. The van der Waals surface area contributed by atoms with Gasteiger partial charge < -0.3 is 20.5 Å². The summed E-state index contributed by atoms with van der Waals surface area (Å²) in [5.74, 6) is 0.612. The van der Waals surface area contributed by atoms with Crippen molar-refractivity contribution in [1.82, 2.24) is 9.97 Å². The van der Waals surface area contributed by atoms with Gasteiger partial charge in [0.05, 0.1) is 24.8 Å². The first-order valence-corrected chi connectivity index (χ1v) is 7.78. The zero-order valence-electron chi connectivity index (χ0n) is 13.7. The van der Waals surface area contributed by atoms with Gasteiger partial charge in [-0.15, -0.1) is 0 Å². The molecule has 7 heteroatoms. The van der Waals surface area contributed by atoms with Crippen molar-refractivity contribution in [3.8, 4) is 0 Å². The summed E-state index contributed by atoms with van der Waals surface area (Å²) in [6.07, 6.45) is 0. The number of anilines is 3. The quantitative estimate of drug-likeness (QED) is 0.594. The Kier molecular flexibility index (Phi) is 5.06.